The number of nitro groups is 1. The number of amides is 2. The maximum absolute atomic E-state index is 12.2. The van der Waals surface area contributed by atoms with Crippen LogP contribution in [0.5, 0.6) is 0 Å². The van der Waals surface area contributed by atoms with Crippen LogP contribution in [0.4, 0.5) is 10.8 Å². The Bertz CT molecular complexity index is 1080. The van der Waals surface area contributed by atoms with Crippen molar-refractivity contribution in [3.63, 3.8) is 0 Å². The fraction of sp³-hybridized carbons (Fsp3) is 0.167. The van der Waals surface area contributed by atoms with E-state index in [4.69, 9.17) is 5.73 Å². The molecule has 0 radical (unpaired) electrons. The normalized spacial score (nSPS) is 10.8. The van der Waals surface area contributed by atoms with Gasteiger partial charge in [0.2, 0.25) is 11.8 Å². The second-order valence-corrected chi connectivity index (χ2v) is 7.86. The van der Waals surface area contributed by atoms with E-state index in [1.807, 2.05) is 18.2 Å². The van der Waals surface area contributed by atoms with Crippen molar-refractivity contribution in [1.29, 1.82) is 0 Å². The molecule has 0 aliphatic heterocycles. The van der Waals surface area contributed by atoms with Crippen molar-refractivity contribution >= 4 is 55.9 Å². The Morgan fingerprint density at radius 2 is 2.07 bits per heavy atom. The molecule has 28 heavy (non-hydrogen) atoms. The van der Waals surface area contributed by atoms with Gasteiger partial charge >= 0.3 is 0 Å². The molecule has 0 unspecified atom stereocenters. The zero-order valence-corrected chi connectivity index (χ0v) is 16.4. The van der Waals surface area contributed by atoms with Gasteiger partial charge in [-0.3, -0.25) is 19.7 Å². The highest BCUT2D eigenvalue weighted by atomic mass is 32.2. The van der Waals surface area contributed by atoms with Gasteiger partial charge in [0.1, 0.15) is 0 Å². The second kappa shape index (κ2) is 8.36. The standard InChI is InChI=1S/C18H16N4O4S2/c1-2-10-3-5-12-15(7-10)28-18(20-12)21-16(23)9-27-14-6-4-11(17(19)24)8-13(14)22(25)26/h3-8H,2,9H2,1H3,(H2,19,24)(H,20,21,23). The SMILES string of the molecule is CCc1ccc2nc(NC(=O)CSc3ccc(C(N)=O)cc3[N+](=O)[O-])sc2c1. The van der Waals surface area contributed by atoms with Crippen LogP contribution in [-0.2, 0) is 11.2 Å². The molecule has 3 rings (SSSR count). The molecule has 2 aromatic carbocycles. The van der Waals surface area contributed by atoms with Gasteiger partial charge in [0.05, 0.1) is 25.8 Å². The van der Waals surface area contributed by atoms with Gasteiger partial charge in [-0.25, -0.2) is 4.98 Å². The van der Waals surface area contributed by atoms with Crippen molar-refractivity contribution in [3.8, 4) is 0 Å². The number of nitrogens with two attached hydrogens (primary N) is 1. The van der Waals surface area contributed by atoms with E-state index in [0.29, 0.717) is 5.13 Å². The number of primary amides is 1. The Morgan fingerprint density at radius 1 is 1.29 bits per heavy atom. The predicted molar refractivity (Wildman–Crippen MR) is 110 cm³/mol. The smallest absolute Gasteiger partial charge is 0.283 e. The maximum Gasteiger partial charge on any atom is 0.283 e. The highest BCUT2D eigenvalue weighted by molar-refractivity contribution is 8.00. The number of fused-ring (bicyclic) bond motifs is 1. The highest BCUT2D eigenvalue weighted by Gasteiger charge is 2.18. The fourth-order valence-corrected chi connectivity index (χ4v) is 4.23. The van der Waals surface area contributed by atoms with Crippen LogP contribution in [0.3, 0.4) is 0 Å². The summed E-state index contributed by atoms with van der Waals surface area (Å²) in [6.45, 7) is 2.07. The molecule has 1 heterocycles. The van der Waals surface area contributed by atoms with Crippen LogP contribution in [0.2, 0.25) is 0 Å². The van der Waals surface area contributed by atoms with E-state index in [2.05, 4.69) is 17.2 Å². The molecule has 0 spiro atoms. The molecule has 0 saturated carbocycles. The molecule has 2 amide bonds. The lowest BCUT2D eigenvalue weighted by atomic mass is 10.2. The number of hydrogen-bond donors (Lipinski definition) is 2. The topological polar surface area (TPSA) is 128 Å². The van der Waals surface area contributed by atoms with Crippen molar-refractivity contribution in [2.75, 3.05) is 11.1 Å². The second-order valence-electron chi connectivity index (χ2n) is 5.82. The van der Waals surface area contributed by atoms with E-state index in [1.165, 1.54) is 29.0 Å². The third kappa shape index (κ3) is 4.46. The van der Waals surface area contributed by atoms with Crippen molar-refractivity contribution in [1.82, 2.24) is 4.98 Å². The number of benzene rings is 2. The van der Waals surface area contributed by atoms with E-state index >= 15 is 0 Å². The molecule has 0 saturated heterocycles. The molecule has 0 bridgehead atoms. The minimum absolute atomic E-state index is 0.0348. The first-order chi connectivity index (χ1) is 13.4. The summed E-state index contributed by atoms with van der Waals surface area (Å²) in [5.74, 6) is -1.11. The minimum atomic E-state index is -0.751. The first-order valence-corrected chi connectivity index (χ1v) is 10.1. The van der Waals surface area contributed by atoms with Crippen LogP contribution in [0.25, 0.3) is 10.2 Å². The third-order valence-corrected chi connectivity index (χ3v) is 5.90. The lowest BCUT2D eigenvalue weighted by Crippen LogP contribution is -2.14. The molecule has 1 aromatic heterocycles. The predicted octanol–water partition coefficient (Wildman–Crippen LogP) is 3.60. The molecular weight excluding hydrogens is 400 g/mol. The number of thiazole rings is 1. The summed E-state index contributed by atoms with van der Waals surface area (Å²) in [5, 5.41) is 14.4. The molecule has 10 heteroatoms. The molecular formula is C18H16N4O4S2. The zero-order chi connectivity index (χ0) is 20.3. The number of nitro benzene ring substituents is 1. The Balaban J connectivity index is 1.69. The molecule has 0 fully saturated rings. The van der Waals surface area contributed by atoms with Gasteiger partial charge in [-0.05, 0) is 36.2 Å². The van der Waals surface area contributed by atoms with Gasteiger partial charge < -0.3 is 11.1 Å². The molecule has 8 nitrogen and oxygen atoms in total. The third-order valence-electron chi connectivity index (χ3n) is 3.91. The Morgan fingerprint density at radius 3 is 2.75 bits per heavy atom. The van der Waals surface area contributed by atoms with Crippen molar-refractivity contribution in [2.24, 2.45) is 5.73 Å². The molecule has 3 N–H and O–H groups in total. The van der Waals surface area contributed by atoms with Gasteiger partial charge in [-0.15, -0.1) is 11.8 Å². The van der Waals surface area contributed by atoms with Gasteiger partial charge in [-0.1, -0.05) is 24.3 Å². The fourth-order valence-electron chi connectivity index (χ4n) is 2.48. The number of carbonyl (C=O) groups is 2. The zero-order valence-electron chi connectivity index (χ0n) is 14.8. The summed E-state index contributed by atoms with van der Waals surface area (Å²) in [6.07, 6.45) is 0.916. The van der Waals surface area contributed by atoms with E-state index in [1.54, 1.807) is 0 Å². The number of rotatable bonds is 7. The van der Waals surface area contributed by atoms with Crippen molar-refractivity contribution in [2.45, 2.75) is 18.2 Å². The lowest BCUT2D eigenvalue weighted by Gasteiger charge is -2.04. The van der Waals surface area contributed by atoms with E-state index in [9.17, 15) is 19.7 Å². The number of aryl methyl sites for hydroxylation is 1. The van der Waals surface area contributed by atoms with E-state index < -0.39 is 10.8 Å². The number of aromatic nitrogens is 1. The first kappa shape index (κ1) is 19.8. The van der Waals surface area contributed by atoms with Crippen LogP contribution in [0.1, 0.15) is 22.8 Å². The minimum Gasteiger partial charge on any atom is -0.366 e. The number of nitrogens with zero attached hydrogens (tertiary/aromatic N) is 2. The summed E-state index contributed by atoms with van der Waals surface area (Å²) in [4.78, 5) is 38.7. The number of nitrogens with one attached hydrogen (secondary N) is 1. The van der Waals surface area contributed by atoms with Crippen LogP contribution < -0.4 is 11.1 Å². The van der Waals surface area contributed by atoms with Crippen LogP contribution in [0, 0.1) is 10.1 Å². The summed E-state index contributed by atoms with van der Waals surface area (Å²) < 4.78 is 0.986. The van der Waals surface area contributed by atoms with E-state index in [-0.39, 0.29) is 27.8 Å². The molecule has 0 atom stereocenters. The first-order valence-electron chi connectivity index (χ1n) is 8.27. The quantitative estimate of drug-likeness (QED) is 0.344. The highest BCUT2D eigenvalue weighted by Crippen LogP contribution is 2.31. The molecule has 3 aromatic rings. The number of thioether (sulfide) groups is 1. The van der Waals surface area contributed by atoms with Gasteiger partial charge in [0.25, 0.3) is 5.69 Å². The van der Waals surface area contributed by atoms with Crippen molar-refractivity contribution in [3.05, 3.63) is 57.6 Å². The Hall–Kier alpha value is -2.98. The van der Waals surface area contributed by atoms with Crippen LogP contribution in [-0.4, -0.2) is 27.5 Å². The average Bonchev–Trinajstić information content (AvgIpc) is 3.07. The van der Waals surface area contributed by atoms with Gasteiger partial charge in [0, 0.05) is 11.6 Å². The Labute approximate surface area is 168 Å². The molecule has 0 aliphatic rings. The summed E-state index contributed by atoms with van der Waals surface area (Å²) >= 11 is 2.39. The largest absolute Gasteiger partial charge is 0.366 e. The van der Waals surface area contributed by atoms with Crippen molar-refractivity contribution < 1.29 is 14.5 Å². The maximum atomic E-state index is 12.2. The van der Waals surface area contributed by atoms with Crippen LogP contribution >= 0.6 is 23.1 Å². The number of anilines is 1. The Kier molecular flexibility index (Phi) is 5.90. The summed E-state index contributed by atoms with van der Waals surface area (Å²) in [7, 11) is 0. The van der Waals surface area contributed by atoms with E-state index in [0.717, 1.165) is 34.5 Å². The average molecular weight is 416 g/mol. The van der Waals surface area contributed by atoms with Gasteiger partial charge in [-0.2, -0.15) is 0 Å². The van der Waals surface area contributed by atoms with Crippen LogP contribution in [0.15, 0.2) is 41.3 Å². The van der Waals surface area contributed by atoms with Gasteiger partial charge in [0.15, 0.2) is 5.13 Å². The molecule has 0 aliphatic carbocycles. The summed E-state index contributed by atoms with van der Waals surface area (Å²) in [6, 6.07) is 9.88. The lowest BCUT2D eigenvalue weighted by molar-refractivity contribution is -0.387. The monoisotopic (exact) mass is 416 g/mol. The number of carbonyl (C=O) groups excluding carboxylic acids is 2. The number of hydrogen-bond acceptors (Lipinski definition) is 7. The summed E-state index contributed by atoms with van der Waals surface area (Å²) in [5.41, 5.74) is 6.93. The molecule has 144 valence electrons.